The van der Waals surface area contributed by atoms with Crippen molar-refractivity contribution in [3.8, 4) is 5.88 Å². The summed E-state index contributed by atoms with van der Waals surface area (Å²) in [6, 6.07) is 7.68. The number of benzene rings is 1. The molecule has 0 unspecified atom stereocenters. The monoisotopic (exact) mass is 442 g/mol. The van der Waals surface area contributed by atoms with E-state index in [1.807, 2.05) is 30.5 Å². The van der Waals surface area contributed by atoms with Crippen LogP contribution in [0.2, 0.25) is 0 Å². The van der Waals surface area contributed by atoms with Crippen molar-refractivity contribution in [3.63, 3.8) is 0 Å². The maximum absolute atomic E-state index is 11.6. The second-order valence-corrected chi connectivity index (χ2v) is 9.15. The van der Waals surface area contributed by atoms with E-state index >= 15 is 0 Å². The fraction of sp³-hybridized carbons (Fsp3) is 0.500. The molecule has 2 fully saturated rings. The Morgan fingerprint density at radius 2 is 2.03 bits per heavy atom. The average molecular weight is 443 g/mol. The molecule has 31 heavy (non-hydrogen) atoms. The summed E-state index contributed by atoms with van der Waals surface area (Å²) in [6.45, 7) is 3.78. The molecule has 1 aliphatic carbocycles. The van der Waals surface area contributed by atoms with Gasteiger partial charge in [0.05, 0.1) is 17.6 Å². The summed E-state index contributed by atoms with van der Waals surface area (Å²) in [5, 5.41) is 2.80. The first-order valence-corrected chi connectivity index (χ1v) is 11.7. The Kier molecular flexibility index (Phi) is 7.26. The van der Waals surface area contributed by atoms with Gasteiger partial charge < -0.3 is 25.6 Å². The van der Waals surface area contributed by atoms with Crippen molar-refractivity contribution in [1.29, 1.82) is 0 Å². The largest absolute Gasteiger partial charge is 0.473 e. The van der Waals surface area contributed by atoms with E-state index in [1.165, 1.54) is 12.8 Å². The highest BCUT2D eigenvalue weighted by Crippen LogP contribution is 2.37. The number of rotatable bonds is 7. The van der Waals surface area contributed by atoms with Gasteiger partial charge in [0.2, 0.25) is 17.7 Å². The fourth-order valence-electron chi connectivity index (χ4n) is 3.80. The number of ether oxygens (including phenoxy) is 1. The Hall–Kier alpha value is -2.36. The van der Waals surface area contributed by atoms with Crippen molar-refractivity contribution in [2.75, 3.05) is 50.0 Å². The highest BCUT2D eigenvalue weighted by Gasteiger charge is 2.23. The number of amides is 1. The lowest BCUT2D eigenvalue weighted by atomic mass is 10.3. The summed E-state index contributed by atoms with van der Waals surface area (Å²) in [6.07, 6.45) is 6.61. The minimum absolute atomic E-state index is 0.0433. The first kappa shape index (κ1) is 21.9. The molecule has 166 valence electrons. The van der Waals surface area contributed by atoms with Crippen LogP contribution in [0.3, 0.4) is 0 Å². The van der Waals surface area contributed by atoms with Crippen molar-refractivity contribution >= 4 is 29.3 Å². The Morgan fingerprint density at radius 3 is 2.77 bits per heavy atom. The Morgan fingerprint density at radius 1 is 1.26 bits per heavy atom. The minimum atomic E-state index is -0.215. The zero-order valence-electron chi connectivity index (χ0n) is 17.9. The molecular formula is C22H30N6O2S. The summed E-state index contributed by atoms with van der Waals surface area (Å²) in [7, 11) is 2.14. The van der Waals surface area contributed by atoms with Crippen molar-refractivity contribution in [2.45, 2.75) is 41.6 Å². The summed E-state index contributed by atoms with van der Waals surface area (Å²) < 4.78 is 6.35. The number of piperazine rings is 1. The standard InChI is InChI=1S/C22H30N6O2S/c1-27-9-11-28(12-10-27)22-24-15-19(21(26-22)30-17-6-2-3-7-17)31-18-8-4-5-16(13-18)25-20(29)14-23/h4-5,8,13,15,17H,2-3,6-7,9-12,14,23H2,1H3,(H,25,29). The molecule has 2 heterocycles. The highest BCUT2D eigenvalue weighted by molar-refractivity contribution is 7.99. The number of carbonyl (C=O) groups excluding carboxylic acids is 1. The van der Waals surface area contributed by atoms with Crippen LogP contribution in [0.5, 0.6) is 5.88 Å². The second-order valence-electron chi connectivity index (χ2n) is 8.04. The van der Waals surface area contributed by atoms with Crippen molar-refractivity contribution in [1.82, 2.24) is 14.9 Å². The molecule has 0 bridgehead atoms. The first-order chi connectivity index (χ1) is 15.1. The molecule has 0 atom stereocenters. The summed E-state index contributed by atoms with van der Waals surface area (Å²) in [4.78, 5) is 27.5. The van der Waals surface area contributed by atoms with Gasteiger partial charge in [0.25, 0.3) is 0 Å². The first-order valence-electron chi connectivity index (χ1n) is 10.9. The molecule has 1 saturated heterocycles. The van der Waals surface area contributed by atoms with E-state index in [2.05, 4.69) is 27.1 Å². The van der Waals surface area contributed by atoms with Gasteiger partial charge >= 0.3 is 0 Å². The number of hydrogen-bond donors (Lipinski definition) is 2. The Balaban J connectivity index is 1.55. The highest BCUT2D eigenvalue weighted by atomic mass is 32.2. The summed E-state index contributed by atoms with van der Waals surface area (Å²) in [5.74, 6) is 1.17. The summed E-state index contributed by atoms with van der Waals surface area (Å²) in [5.41, 5.74) is 6.12. The molecule has 2 aromatic rings. The lowest BCUT2D eigenvalue weighted by molar-refractivity contribution is -0.114. The van der Waals surface area contributed by atoms with Gasteiger partial charge in [-0.2, -0.15) is 4.98 Å². The van der Waals surface area contributed by atoms with Gasteiger partial charge in [-0.15, -0.1) is 0 Å². The van der Waals surface area contributed by atoms with Crippen LogP contribution >= 0.6 is 11.8 Å². The van der Waals surface area contributed by atoms with Gasteiger partial charge in [-0.05, 0) is 50.9 Å². The van der Waals surface area contributed by atoms with Crippen LogP contribution in [0.25, 0.3) is 0 Å². The minimum Gasteiger partial charge on any atom is -0.473 e. The number of hydrogen-bond acceptors (Lipinski definition) is 8. The maximum atomic E-state index is 11.6. The molecule has 1 saturated carbocycles. The van der Waals surface area contributed by atoms with E-state index < -0.39 is 0 Å². The fourth-order valence-corrected chi connectivity index (χ4v) is 4.67. The molecule has 1 aliphatic heterocycles. The molecule has 1 aromatic heterocycles. The quantitative estimate of drug-likeness (QED) is 0.675. The number of nitrogens with two attached hydrogens (primary N) is 1. The van der Waals surface area contributed by atoms with Crippen LogP contribution < -0.4 is 20.7 Å². The third kappa shape index (κ3) is 5.87. The smallest absolute Gasteiger partial charge is 0.238 e. The van der Waals surface area contributed by atoms with E-state index in [9.17, 15) is 4.79 Å². The normalized spacial score (nSPS) is 17.7. The van der Waals surface area contributed by atoms with Crippen LogP contribution in [0, 0.1) is 0 Å². The van der Waals surface area contributed by atoms with Crippen LogP contribution in [0.4, 0.5) is 11.6 Å². The van der Waals surface area contributed by atoms with Crippen LogP contribution in [0.15, 0.2) is 40.3 Å². The molecule has 1 aromatic carbocycles. The zero-order valence-corrected chi connectivity index (χ0v) is 18.7. The van der Waals surface area contributed by atoms with Crippen LogP contribution in [-0.2, 0) is 4.79 Å². The maximum Gasteiger partial charge on any atom is 0.238 e. The second kappa shape index (κ2) is 10.3. The van der Waals surface area contributed by atoms with E-state index in [1.54, 1.807) is 11.8 Å². The van der Waals surface area contributed by atoms with Crippen molar-refractivity contribution < 1.29 is 9.53 Å². The predicted octanol–water partition coefficient (Wildman–Crippen LogP) is 2.60. The zero-order chi connectivity index (χ0) is 21.6. The number of carbonyl (C=O) groups is 1. The topological polar surface area (TPSA) is 96.6 Å². The SMILES string of the molecule is CN1CCN(c2ncc(Sc3cccc(NC(=O)CN)c3)c(OC3CCCC3)n2)CC1. The van der Waals surface area contributed by atoms with Crippen molar-refractivity contribution in [2.24, 2.45) is 5.73 Å². The van der Waals surface area contributed by atoms with Crippen molar-refractivity contribution in [3.05, 3.63) is 30.5 Å². The third-order valence-electron chi connectivity index (χ3n) is 5.61. The number of likely N-dealkylation sites (N-methyl/N-ethyl adjacent to an activating group) is 1. The molecular weight excluding hydrogens is 412 g/mol. The Bertz CT molecular complexity index is 897. The van der Waals surface area contributed by atoms with E-state index in [0.717, 1.165) is 54.8 Å². The van der Waals surface area contributed by atoms with E-state index in [4.69, 9.17) is 15.5 Å². The molecule has 0 radical (unpaired) electrons. The van der Waals surface area contributed by atoms with E-state index in [-0.39, 0.29) is 18.6 Å². The summed E-state index contributed by atoms with van der Waals surface area (Å²) >= 11 is 1.54. The van der Waals surface area contributed by atoms with Gasteiger partial charge in [-0.25, -0.2) is 4.98 Å². The molecule has 2 aliphatic rings. The molecule has 4 rings (SSSR count). The molecule has 8 nitrogen and oxygen atoms in total. The van der Waals surface area contributed by atoms with Gasteiger partial charge in [0, 0.05) is 36.8 Å². The number of aromatic nitrogens is 2. The molecule has 9 heteroatoms. The van der Waals surface area contributed by atoms with Crippen LogP contribution in [-0.4, -0.2) is 66.7 Å². The number of nitrogens with zero attached hydrogens (tertiary/aromatic N) is 4. The van der Waals surface area contributed by atoms with Gasteiger partial charge in [0.1, 0.15) is 6.10 Å². The molecule has 1 amide bonds. The lowest BCUT2D eigenvalue weighted by Gasteiger charge is -2.32. The molecule has 0 spiro atoms. The predicted molar refractivity (Wildman–Crippen MR) is 123 cm³/mol. The molecule has 3 N–H and O–H groups in total. The van der Waals surface area contributed by atoms with Crippen LogP contribution in [0.1, 0.15) is 25.7 Å². The third-order valence-corrected chi connectivity index (χ3v) is 6.60. The van der Waals surface area contributed by atoms with E-state index in [0.29, 0.717) is 11.6 Å². The average Bonchev–Trinajstić information content (AvgIpc) is 3.29. The number of nitrogens with one attached hydrogen (secondary N) is 1. The lowest BCUT2D eigenvalue weighted by Crippen LogP contribution is -2.45. The van der Waals surface area contributed by atoms with Gasteiger partial charge in [-0.1, -0.05) is 17.8 Å². The Labute approximate surface area is 187 Å². The number of anilines is 2. The van der Waals surface area contributed by atoms with Gasteiger partial charge in [-0.3, -0.25) is 4.79 Å². The van der Waals surface area contributed by atoms with Gasteiger partial charge in [0.15, 0.2) is 0 Å².